The van der Waals surface area contributed by atoms with Crippen LogP contribution in [0.1, 0.15) is 0 Å². The van der Waals surface area contributed by atoms with Gasteiger partial charge in [-0.3, -0.25) is 0 Å². The van der Waals surface area contributed by atoms with Gasteiger partial charge in [-0.05, 0) is 0 Å². The van der Waals surface area contributed by atoms with Gasteiger partial charge in [-0.25, -0.2) is 0 Å². The van der Waals surface area contributed by atoms with Crippen LogP contribution in [0.15, 0.2) is 0 Å². The van der Waals surface area contributed by atoms with E-state index in [0.29, 0.717) is 0 Å². The molecular formula is H2CrO4Tb. The Morgan fingerprint density at radius 1 is 1.17 bits per heavy atom. The molecule has 0 aliphatic carbocycles. The summed E-state index contributed by atoms with van der Waals surface area (Å²) in [6.45, 7) is 0. The van der Waals surface area contributed by atoms with Crippen LogP contribution >= 0.6 is 0 Å². The maximum atomic E-state index is 8.82. The van der Waals surface area contributed by atoms with E-state index in [4.69, 9.17) is 15.9 Å². The van der Waals surface area contributed by atoms with Crippen molar-refractivity contribution in [2.75, 3.05) is 0 Å². The van der Waals surface area contributed by atoms with Gasteiger partial charge in [0.1, 0.15) is 0 Å². The van der Waals surface area contributed by atoms with Crippen molar-refractivity contribution in [3.63, 3.8) is 0 Å². The first-order valence-electron chi connectivity index (χ1n) is 0.698. The van der Waals surface area contributed by atoms with Crippen molar-refractivity contribution < 1.29 is 68.1 Å². The molecule has 6 heavy (non-hydrogen) atoms. The first-order chi connectivity index (χ1) is 2.00. The van der Waals surface area contributed by atoms with Crippen molar-refractivity contribution in [2.45, 2.75) is 0 Å². The van der Waals surface area contributed by atoms with Crippen LogP contribution in [0.25, 0.3) is 0 Å². The fourth-order valence-corrected chi connectivity index (χ4v) is 0. The number of hydrogen-bond donors (Lipinski definition) is 2. The van der Waals surface area contributed by atoms with Crippen molar-refractivity contribution in [1.82, 2.24) is 0 Å². The molecule has 2 N–H and O–H groups in total. The minimum absolute atomic E-state index is 0. The van der Waals surface area contributed by atoms with Crippen LogP contribution in [0.4, 0.5) is 0 Å². The monoisotopic (exact) mass is 277 g/mol. The normalized spacial score (nSPS) is 9.67. The first kappa shape index (κ1) is 10.3. The summed E-state index contributed by atoms with van der Waals surface area (Å²) in [6.07, 6.45) is 0. The number of rotatable bonds is 0. The molecule has 0 saturated heterocycles. The molecule has 0 aromatic heterocycles. The molecule has 0 rings (SSSR count). The van der Waals surface area contributed by atoms with Crippen LogP contribution in [0, 0.1) is 38.6 Å². The summed E-state index contributed by atoms with van der Waals surface area (Å²) in [5.41, 5.74) is 0. The first-order valence-corrected chi connectivity index (χ1v) is 2.88. The minimum Gasteiger partial charge on any atom is 0 e. The molecule has 0 heterocycles. The van der Waals surface area contributed by atoms with Crippen molar-refractivity contribution in [2.24, 2.45) is 0 Å². The third kappa shape index (κ3) is 56.1. The van der Waals surface area contributed by atoms with E-state index in [0.717, 1.165) is 0 Å². The van der Waals surface area contributed by atoms with E-state index in [2.05, 4.69) is 0 Å². The molecule has 0 aliphatic rings. The van der Waals surface area contributed by atoms with Crippen molar-refractivity contribution in [1.29, 1.82) is 0 Å². The van der Waals surface area contributed by atoms with E-state index in [1.807, 2.05) is 0 Å². The molecule has 0 aliphatic heterocycles. The van der Waals surface area contributed by atoms with Gasteiger partial charge >= 0.3 is 29.5 Å². The fraction of sp³-hybridized carbons (Fsp3) is 0. The maximum absolute atomic E-state index is 8.82. The van der Waals surface area contributed by atoms with Crippen LogP contribution in [0.5, 0.6) is 0 Å². The van der Waals surface area contributed by atoms with Crippen molar-refractivity contribution >= 4 is 0 Å². The molecule has 0 saturated carbocycles. The van der Waals surface area contributed by atoms with E-state index >= 15 is 0 Å². The molecule has 6 heteroatoms. The number of hydrogen-bond acceptors (Lipinski definition) is 2. The van der Waals surface area contributed by atoms with Crippen LogP contribution in [0.3, 0.4) is 0 Å². The zero-order valence-electron chi connectivity index (χ0n) is 2.45. The largest absolute Gasteiger partial charge is 0 e. The van der Waals surface area contributed by atoms with Crippen molar-refractivity contribution in [3.8, 4) is 0 Å². The summed E-state index contributed by atoms with van der Waals surface area (Å²) in [5.74, 6) is 0. The molecule has 0 aromatic rings. The molecule has 4 nitrogen and oxygen atoms in total. The zero-order valence-corrected chi connectivity index (χ0v) is 5.87. The molecule has 1 radical (unpaired) electrons. The van der Waals surface area contributed by atoms with Gasteiger partial charge in [0.2, 0.25) is 0 Å². The predicted molar refractivity (Wildman–Crippen MR) is 5.81 cm³/mol. The zero-order chi connectivity index (χ0) is 4.50. The molecule has 0 aromatic carbocycles. The average Bonchev–Trinajstić information content (AvgIpc) is 0.722. The van der Waals surface area contributed by atoms with Gasteiger partial charge in [0, 0.05) is 38.6 Å². The quantitative estimate of drug-likeness (QED) is 0.574. The van der Waals surface area contributed by atoms with E-state index in [-0.39, 0.29) is 38.6 Å². The summed E-state index contributed by atoms with van der Waals surface area (Å²) >= 11 is -5.25. The van der Waals surface area contributed by atoms with E-state index in [9.17, 15) is 0 Å². The Kier molecular flexibility index (Phi) is 5.78. The minimum atomic E-state index is -5.25. The SMILES string of the molecule is [O]=[Cr](=[O])([OH])[OH].[Tb]. The van der Waals surface area contributed by atoms with Crippen LogP contribution < -0.4 is 0 Å². The van der Waals surface area contributed by atoms with E-state index in [1.54, 1.807) is 0 Å². The Labute approximate surface area is 67.4 Å². The fourth-order valence-electron chi connectivity index (χ4n) is 0. The standard InChI is InChI=1S/Cr.2H2O.2O.Tb/h;2*1H2;;;/q+2;;;;;/p-2. The van der Waals surface area contributed by atoms with Gasteiger partial charge < -0.3 is 0 Å². The summed E-state index contributed by atoms with van der Waals surface area (Å²) in [4.78, 5) is 0. The Morgan fingerprint density at radius 2 is 1.17 bits per heavy atom. The van der Waals surface area contributed by atoms with Gasteiger partial charge in [0.05, 0.1) is 0 Å². The summed E-state index contributed by atoms with van der Waals surface area (Å²) in [6, 6.07) is 0. The topological polar surface area (TPSA) is 74.6 Å². The molecule has 0 amide bonds. The molecule has 0 atom stereocenters. The third-order valence-electron chi connectivity index (χ3n) is 0. The van der Waals surface area contributed by atoms with Gasteiger partial charge in [-0.2, -0.15) is 0 Å². The summed E-state index contributed by atoms with van der Waals surface area (Å²) in [5, 5.41) is 0. The molecule has 0 spiro atoms. The van der Waals surface area contributed by atoms with Gasteiger partial charge in [-0.15, -0.1) is 0 Å². The second kappa shape index (κ2) is 3.35. The molecule has 0 fully saturated rings. The second-order valence-corrected chi connectivity index (χ2v) is 1.85. The second-order valence-electron chi connectivity index (χ2n) is 0.448. The summed E-state index contributed by atoms with van der Waals surface area (Å²) in [7, 11) is 0. The smallest absolute Gasteiger partial charge is 0 e. The Morgan fingerprint density at radius 3 is 1.17 bits per heavy atom. The molecule has 0 bridgehead atoms. The van der Waals surface area contributed by atoms with Crippen LogP contribution in [-0.4, -0.2) is 8.32 Å². The molecule has 0 unspecified atom stereocenters. The Bertz CT molecular complexity index is 90.7. The third-order valence-corrected chi connectivity index (χ3v) is 0. The van der Waals surface area contributed by atoms with Crippen LogP contribution in [0.2, 0.25) is 0 Å². The maximum Gasteiger partial charge on any atom is 0 e. The molecular weight excluding hydrogens is 275 g/mol. The van der Waals surface area contributed by atoms with Gasteiger partial charge in [0.15, 0.2) is 0 Å². The van der Waals surface area contributed by atoms with Gasteiger partial charge in [-0.1, -0.05) is 0 Å². The predicted octanol–water partition coefficient (Wildman–Crippen LogP) is -1.35. The Hall–Kier alpha value is 1.34. The van der Waals surface area contributed by atoms with Gasteiger partial charge in [0.25, 0.3) is 0 Å². The van der Waals surface area contributed by atoms with Crippen LogP contribution in [-0.2, 0) is 21.2 Å². The van der Waals surface area contributed by atoms with E-state index in [1.165, 1.54) is 0 Å². The molecule has 41 valence electrons. The Balaban J connectivity index is 0. The van der Waals surface area contributed by atoms with E-state index < -0.39 is 13.6 Å². The average molecular weight is 277 g/mol. The van der Waals surface area contributed by atoms with Crippen molar-refractivity contribution in [3.05, 3.63) is 0 Å². The summed E-state index contributed by atoms with van der Waals surface area (Å²) < 4.78 is 31.9.